The van der Waals surface area contributed by atoms with Gasteiger partial charge in [-0.15, -0.1) is 0 Å². The summed E-state index contributed by atoms with van der Waals surface area (Å²) in [6.45, 7) is 0. The molecule has 0 aliphatic rings. The fraction of sp³-hybridized carbons (Fsp3) is 0.0588. The Balaban J connectivity index is 1.98. The zero-order valence-electron chi connectivity index (χ0n) is 12.7. The minimum absolute atomic E-state index is 0.119. The molecule has 0 bridgehead atoms. The SMILES string of the molecule is COc1ccccc1/C=C/C(=O)NC(=S)Nc1cccc(Cl)c1Cl. The van der Waals surface area contributed by atoms with Gasteiger partial charge in [-0.25, -0.2) is 0 Å². The van der Waals surface area contributed by atoms with Crippen molar-refractivity contribution in [2.24, 2.45) is 0 Å². The summed E-state index contributed by atoms with van der Waals surface area (Å²) in [6, 6.07) is 12.4. The highest BCUT2D eigenvalue weighted by atomic mass is 35.5. The van der Waals surface area contributed by atoms with Crippen LogP contribution in [0.4, 0.5) is 5.69 Å². The van der Waals surface area contributed by atoms with Crippen molar-refractivity contribution in [3.8, 4) is 5.75 Å². The number of rotatable bonds is 4. The van der Waals surface area contributed by atoms with Crippen molar-refractivity contribution in [2.45, 2.75) is 0 Å². The number of para-hydroxylation sites is 1. The van der Waals surface area contributed by atoms with Crippen molar-refractivity contribution in [2.75, 3.05) is 12.4 Å². The number of nitrogens with one attached hydrogen (secondary N) is 2. The molecule has 0 saturated carbocycles. The van der Waals surface area contributed by atoms with Gasteiger partial charge in [0.05, 0.1) is 22.8 Å². The molecule has 0 aromatic heterocycles. The molecule has 0 aliphatic carbocycles. The molecule has 2 aromatic rings. The van der Waals surface area contributed by atoms with E-state index in [1.165, 1.54) is 6.08 Å². The fourth-order valence-electron chi connectivity index (χ4n) is 1.88. The number of carbonyl (C=O) groups excluding carboxylic acids is 1. The van der Waals surface area contributed by atoms with Crippen molar-refractivity contribution in [3.05, 3.63) is 64.1 Å². The van der Waals surface area contributed by atoms with E-state index in [-0.39, 0.29) is 11.0 Å². The first-order valence-corrected chi connectivity index (χ1v) is 8.04. The minimum Gasteiger partial charge on any atom is -0.496 e. The lowest BCUT2D eigenvalue weighted by Gasteiger charge is -2.10. The van der Waals surface area contributed by atoms with Crippen molar-refractivity contribution >= 4 is 58.2 Å². The summed E-state index contributed by atoms with van der Waals surface area (Å²) in [7, 11) is 1.57. The third kappa shape index (κ3) is 4.96. The van der Waals surface area contributed by atoms with E-state index in [0.717, 1.165) is 5.56 Å². The zero-order chi connectivity index (χ0) is 17.5. The number of carbonyl (C=O) groups is 1. The predicted octanol–water partition coefficient (Wildman–Crippen LogP) is 4.53. The van der Waals surface area contributed by atoms with Crippen LogP contribution < -0.4 is 15.4 Å². The van der Waals surface area contributed by atoms with Crippen LogP contribution in [0.25, 0.3) is 6.08 Å². The molecule has 0 heterocycles. The summed E-state index contributed by atoms with van der Waals surface area (Å²) in [5.74, 6) is 0.296. The molecule has 2 N–H and O–H groups in total. The number of hydrogen-bond acceptors (Lipinski definition) is 3. The third-order valence-corrected chi connectivity index (χ3v) is 4.01. The Morgan fingerprint density at radius 2 is 1.92 bits per heavy atom. The number of hydrogen-bond donors (Lipinski definition) is 2. The van der Waals surface area contributed by atoms with E-state index >= 15 is 0 Å². The Morgan fingerprint density at radius 3 is 2.67 bits per heavy atom. The van der Waals surface area contributed by atoms with Crippen LogP contribution in [0.3, 0.4) is 0 Å². The van der Waals surface area contributed by atoms with Crippen molar-refractivity contribution in [1.29, 1.82) is 0 Å². The van der Waals surface area contributed by atoms with Crippen LogP contribution in [-0.2, 0) is 4.79 Å². The highest BCUT2D eigenvalue weighted by molar-refractivity contribution is 7.80. The summed E-state index contributed by atoms with van der Waals surface area (Å²) in [4.78, 5) is 11.9. The number of anilines is 1. The molecule has 0 unspecified atom stereocenters. The largest absolute Gasteiger partial charge is 0.496 e. The summed E-state index contributed by atoms with van der Waals surface area (Å²) in [5.41, 5.74) is 1.30. The highest BCUT2D eigenvalue weighted by Crippen LogP contribution is 2.29. The van der Waals surface area contributed by atoms with Crippen LogP contribution in [0.1, 0.15) is 5.56 Å². The average molecular weight is 381 g/mol. The lowest BCUT2D eigenvalue weighted by Crippen LogP contribution is -2.32. The predicted molar refractivity (Wildman–Crippen MR) is 103 cm³/mol. The maximum absolute atomic E-state index is 11.9. The molecule has 124 valence electrons. The molecule has 2 rings (SSSR count). The standard InChI is InChI=1S/C17H14Cl2N2O2S/c1-23-14-8-3-2-5-11(14)9-10-15(22)21-17(24)20-13-7-4-6-12(18)16(13)19/h2-10H,1H3,(H2,20,21,22,24)/b10-9+. The molecule has 24 heavy (non-hydrogen) atoms. The molecule has 1 amide bonds. The van der Waals surface area contributed by atoms with Crippen LogP contribution in [0.2, 0.25) is 10.0 Å². The Morgan fingerprint density at radius 1 is 1.17 bits per heavy atom. The van der Waals surface area contributed by atoms with Crippen molar-refractivity contribution in [3.63, 3.8) is 0 Å². The van der Waals surface area contributed by atoms with Gasteiger partial charge >= 0.3 is 0 Å². The van der Waals surface area contributed by atoms with E-state index in [1.54, 1.807) is 31.4 Å². The molecule has 0 atom stereocenters. The quantitative estimate of drug-likeness (QED) is 0.604. The molecule has 4 nitrogen and oxygen atoms in total. The Bertz CT molecular complexity index is 794. The average Bonchev–Trinajstić information content (AvgIpc) is 2.57. The Hall–Kier alpha value is -2.08. The highest BCUT2D eigenvalue weighted by Gasteiger charge is 2.07. The van der Waals surface area contributed by atoms with Gasteiger partial charge in [0.1, 0.15) is 5.75 Å². The topological polar surface area (TPSA) is 50.4 Å². The second kappa shape index (κ2) is 8.68. The van der Waals surface area contributed by atoms with Crippen LogP contribution in [0, 0.1) is 0 Å². The van der Waals surface area contributed by atoms with Gasteiger partial charge in [0.15, 0.2) is 5.11 Å². The van der Waals surface area contributed by atoms with Crippen LogP contribution in [0.15, 0.2) is 48.5 Å². The normalized spacial score (nSPS) is 10.5. The molecule has 0 saturated heterocycles. The molecule has 0 spiro atoms. The summed E-state index contributed by atoms with van der Waals surface area (Å²) < 4.78 is 5.21. The van der Waals surface area contributed by atoms with E-state index in [9.17, 15) is 4.79 Å². The Kier molecular flexibility index (Phi) is 6.61. The lowest BCUT2D eigenvalue weighted by molar-refractivity contribution is -0.115. The van der Waals surface area contributed by atoms with Gasteiger partial charge in [-0.05, 0) is 36.5 Å². The monoisotopic (exact) mass is 380 g/mol. The summed E-state index contributed by atoms with van der Waals surface area (Å²) >= 11 is 17.1. The van der Waals surface area contributed by atoms with E-state index in [2.05, 4.69) is 10.6 Å². The van der Waals surface area contributed by atoms with Gasteiger partial charge in [-0.3, -0.25) is 10.1 Å². The second-order valence-electron chi connectivity index (χ2n) is 4.62. The maximum atomic E-state index is 11.9. The van der Waals surface area contributed by atoms with Crippen molar-refractivity contribution < 1.29 is 9.53 Å². The molecular formula is C17H14Cl2N2O2S. The number of methoxy groups -OCH3 is 1. The van der Waals surface area contributed by atoms with E-state index in [4.69, 9.17) is 40.2 Å². The number of benzene rings is 2. The first-order chi connectivity index (χ1) is 11.5. The molecule has 2 aromatic carbocycles. The smallest absolute Gasteiger partial charge is 0.250 e. The molecule has 0 aliphatic heterocycles. The fourth-order valence-corrected chi connectivity index (χ4v) is 2.44. The first kappa shape index (κ1) is 18.3. The first-order valence-electron chi connectivity index (χ1n) is 6.88. The maximum Gasteiger partial charge on any atom is 0.250 e. The van der Waals surface area contributed by atoms with Crippen LogP contribution in [-0.4, -0.2) is 18.1 Å². The molecule has 0 radical (unpaired) electrons. The van der Waals surface area contributed by atoms with Crippen LogP contribution >= 0.6 is 35.4 Å². The number of ether oxygens (including phenoxy) is 1. The summed E-state index contributed by atoms with van der Waals surface area (Å²) in [6.07, 6.45) is 3.01. The molecule has 0 fully saturated rings. The van der Waals surface area contributed by atoms with E-state index in [1.807, 2.05) is 24.3 Å². The minimum atomic E-state index is -0.378. The third-order valence-electron chi connectivity index (χ3n) is 2.99. The lowest BCUT2D eigenvalue weighted by atomic mass is 10.2. The van der Waals surface area contributed by atoms with Gasteiger partial charge < -0.3 is 10.1 Å². The molecule has 7 heteroatoms. The number of thiocarbonyl (C=S) groups is 1. The van der Waals surface area contributed by atoms with E-state index in [0.29, 0.717) is 21.5 Å². The second-order valence-corrected chi connectivity index (χ2v) is 5.81. The Labute approximate surface area is 155 Å². The number of amides is 1. The summed E-state index contributed by atoms with van der Waals surface area (Å²) in [5, 5.41) is 6.21. The van der Waals surface area contributed by atoms with Crippen LogP contribution in [0.5, 0.6) is 5.75 Å². The van der Waals surface area contributed by atoms with Gasteiger partial charge in [0, 0.05) is 11.6 Å². The van der Waals surface area contributed by atoms with Gasteiger partial charge in [0.2, 0.25) is 5.91 Å². The van der Waals surface area contributed by atoms with Crippen molar-refractivity contribution in [1.82, 2.24) is 5.32 Å². The van der Waals surface area contributed by atoms with Gasteiger partial charge in [0.25, 0.3) is 0 Å². The number of halogens is 2. The molecular weight excluding hydrogens is 367 g/mol. The van der Waals surface area contributed by atoms with Gasteiger partial charge in [-0.2, -0.15) is 0 Å². The zero-order valence-corrected chi connectivity index (χ0v) is 15.0. The van der Waals surface area contributed by atoms with Gasteiger partial charge in [-0.1, -0.05) is 47.5 Å². The van der Waals surface area contributed by atoms with E-state index < -0.39 is 0 Å².